The minimum Gasteiger partial charge on any atom is -0.380 e. The van der Waals surface area contributed by atoms with Crippen molar-refractivity contribution in [1.82, 2.24) is 0 Å². The third kappa shape index (κ3) is 3.34. The van der Waals surface area contributed by atoms with E-state index in [0.717, 1.165) is 0 Å². The molecular formula is C6H14O4P. The van der Waals surface area contributed by atoms with E-state index in [0.29, 0.717) is 0 Å². The molecule has 11 heavy (non-hydrogen) atoms. The van der Waals surface area contributed by atoms with Gasteiger partial charge in [-0.3, -0.25) is 4.57 Å². The Balaban J connectivity index is 4.14. The van der Waals surface area contributed by atoms with E-state index in [1.54, 1.807) is 13.8 Å². The zero-order valence-corrected chi connectivity index (χ0v) is 7.71. The summed E-state index contributed by atoms with van der Waals surface area (Å²) in [5, 5.41) is 8.91. The highest BCUT2D eigenvalue weighted by molar-refractivity contribution is 7.54. The number of hydrogen-bond donors (Lipinski definition) is 1. The molecule has 0 aliphatic rings. The Morgan fingerprint density at radius 1 is 1.45 bits per heavy atom. The lowest BCUT2D eigenvalue weighted by molar-refractivity contribution is 0.168. The van der Waals surface area contributed by atoms with E-state index >= 15 is 0 Å². The van der Waals surface area contributed by atoms with Crippen LogP contribution in [-0.4, -0.2) is 24.2 Å². The quantitative estimate of drug-likeness (QED) is 0.651. The summed E-state index contributed by atoms with van der Waals surface area (Å²) in [5.41, 5.74) is 0. The van der Waals surface area contributed by atoms with Crippen molar-refractivity contribution in [3.05, 3.63) is 6.92 Å². The Kier molecular flexibility index (Phi) is 4.93. The molecule has 4 nitrogen and oxygen atoms in total. The van der Waals surface area contributed by atoms with E-state index in [2.05, 4.69) is 6.92 Å². The summed E-state index contributed by atoms with van der Waals surface area (Å²) in [7, 11) is -3.35. The topological polar surface area (TPSA) is 55.8 Å². The van der Waals surface area contributed by atoms with Crippen molar-refractivity contribution in [3.8, 4) is 0 Å². The van der Waals surface area contributed by atoms with Gasteiger partial charge in [0.25, 0.3) is 0 Å². The third-order valence-corrected chi connectivity index (χ3v) is 2.95. The molecule has 5 heteroatoms. The highest BCUT2D eigenvalue weighted by Gasteiger charge is 2.29. The molecule has 0 rings (SSSR count). The summed E-state index contributed by atoms with van der Waals surface area (Å²) in [4.78, 5) is 0. The van der Waals surface area contributed by atoms with Gasteiger partial charge in [0.1, 0.15) is 0 Å². The highest BCUT2D eigenvalue weighted by Crippen LogP contribution is 2.51. The maximum atomic E-state index is 11.4. The van der Waals surface area contributed by atoms with Crippen LogP contribution in [0.4, 0.5) is 0 Å². The van der Waals surface area contributed by atoms with Crippen LogP contribution in [-0.2, 0) is 13.6 Å². The van der Waals surface area contributed by atoms with E-state index in [9.17, 15) is 4.57 Å². The Hall–Kier alpha value is 0.110. The molecule has 0 spiro atoms. The number of rotatable bonds is 5. The molecule has 1 N–H and O–H groups in total. The van der Waals surface area contributed by atoms with Crippen LogP contribution in [0.1, 0.15) is 13.8 Å². The average Bonchev–Trinajstić information content (AvgIpc) is 1.88. The predicted molar refractivity (Wildman–Crippen MR) is 42.2 cm³/mol. The van der Waals surface area contributed by atoms with Crippen molar-refractivity contribution in [2.75, 3.05) is 13.2 Å². The van der Waals surface area contributed by atoms with Crippen molar-refractivity contribution in [2.45, 2.75) is 19.7 Å². The van der Waals surface area contributed by atoms with Gasteiger partial charge in [-0.25, -0.2) is 0 Å². The van der Waals surface area contributed by atoms with Crippen LogP contribution in [0.3, 0.4) is 0 Å². The predicted octanol–water partition coefficient (Wildman–Crippen LogP) is 1.40. The maximum Gasteiger partial charge on any atom is 0.358 e. The molecule has 0 aliphatic heterocycles. The monoisotopic (exact) mass is 181 g/mol. The molecule has 0 saturated heterocycles. The summed E-state index contributed by atoms with van der Waals surface area (Å²) in [5.74, 6) is -1.30. The van der Waals surface area contributed by atoms with Crippen molar-refractivity contribution in [3.63, 3.8) is 0 Å². The molecule has 67 valence electrons. The van der Waals surface area contributed by atoms with Crippen LogP contribution in [0.15, 0.2) is 0 Å². The van der Waals surface area contributed by atoms with E-state index in [-0.39, 0.29) is 13.2 Å². The van der Waals surface area contributed by atoms with Gasteiger partial charge in [-0.2, -0.15) is 0 Å². The Morgan fingerprint density at radius 2 is 1.82 bits per heavy atom. The third-order valence-electron chi connectivity index (χ3n) is 0.983. The van der Waals surface area contributed by atoms with Gasteiger partial charge in [-0.05, 0) is 20.8 Å². The van der Waals surface area contributed by atoms with Crippen LogP contribution in [0.5, 0.6) is 0 Å². The summed E-state index contributed by atoms with van der Waals surface area (Å²) in [6.07, 6.45) is 0. The lowest BCUT2D eigenvalue weighted by Gasteiger charge is -2.18. The largest absolute Gasteiger partial charge is 0.380 e. The van der Waals surface area contributed by atoms with Gasteiger partial charge < -0.3 is 14.2 Å². The van der Waals surface area contributed by atoms with Gasteiger partial charge >= 0.3 is 7.60 Å². The second-order valence-electron chi connectivity index (χ2n) is 1.86. The zero-order valence-electron chi connectivity index (χ0n) is 6.82. The molecule has 0 saturated carbocycles. The molecule has 1 unspecified atom stereocenters. The summed E-state index contributed by atoms with van der Waals surface area (Å²) in [6, 6.07) is 0. The van der Waals surface area contributed by atoms with Gasteiger partial charge in [-0.15, -0.1) is 0 Å². The molecular weight excluding hydrogens is 167 g/mol. The highest BCUT2D eigenvalue weighted by atomic mass is 31.2. The van der Waals surface area contributed by atoms with Gasteiger partial charge in [-0.1, -0.05) is 0 Å². The minimum absolute atomic E-state index is 0.240. The minimum atomic E-state index is -3.35. The lowest BCUT2D eigenvalue weighted by atomic mass is 10.9. The van der Waals surface area contributed by atoms with Crippen LogP contribution in [0.25, 0.3) is 0 Å². The van der Waals surface area contributed by atoms with Crippen LogP contribution >= 0.6 is 7.60 Å². The van der Waals surface area contributed by atoms with Crippen LogP contribution < -0.4 is 0 Å². The van der Waals surface area contributed by atoms with Crippen molar-refractivity contribution >= 4 is 7.60 Å². The normalized spacial score (nSPS) is 14.9. The second kappa shape index (κ2) is 4.88. The lowest BCUT2D eigenvalue weighted by Crippen LogP contribution is -2.08. The first-order valence-electron chi connectivity index (χ1n) is 3.46. The fraction of sp³-hybridized carbons (Fsp3) is 0.833. The zero-order chi connectivity index (χ0) is 8.91. The molecule has 0 fully saturated rings. The summed E-state index contributed by atoms with van der Waals surface area (Å²) in [6.45, 7) is 7.02. The van der Waals surface area contributed by atoms with Gasteiger partial charge in [0.2, 0.25) is 0 Å². The van der Waals surface area contributed by atoms with Gasteiger partial charge in [0.05, 0.1) is 13.2 Å². The molecule has 0 heterocycles. The molecule has 1 radical (unpaired) electrons. The molecule has 1 atom stereocenters. The SMILES string of the molecule is [CH2]C(O)P(=O)(OCC)OCC. The molecule has 0 aromatic carbocycles. The standard InChI is InChI=1S/C6H14O4P/c1-4-9-11(8,6(3)7)10-5-2/h6-7H,3-5H2,1-2H3. The Bertz CT molecular complexity index is 136. The smallest absolute Gasteiger partial charge is 0.358 e. The molecule has 0 amide bonds. The maximum absolute atomic E-state index is 11.4. The van der Waals surface area contributed by atoms with Crippen molar-refractivity contribution < 1.29 is 18.7 Å². The first-order valence-corrected chi connectivity index (χ1v) is 5.08. The molecule has 0 aromatic heterocycles. The fourth-order valence-corrected chi connectivity index (χ4v) is 1.71. The second-order valence-corrected chi connectivity index (χ2v) is 4.05. The number of hydrogen-bond acceptors (Lipinski definition) is 4. The summed E-state index contributed by atoms with van der Waals surface area (Å²) < 4.78 is 20.9. The fourth-order valence-electron chi connectivity index (χ4n) is 0.569. The van der Waals surface area contributed by atoms with Crippen molar-refractivity contribution in [1.29, 1.82) is 0 Å². The number of aliphatic hydroxyl groups is 1. The van der Waals surface area contributed by atoms with Crippen molar-refractivity contribution in [2.24, 2.45) is 0 Å². The van der Waals surface area contributed by atoms with E-state index in [1.165, 1.54) is 0 Å². The Morgan fingerprint density at radius 3 is 2.00 bits per heavy atom. The Labute approximate surface area is 67.0 Å². The van der Waals surface area contributed by atoms with Crippen LogP contribution in [0.2, 0.25) is 0 Å². The van der Waals surface area contributed by atoms with Gasteiger partial charge in [0, 0.05) is 0 Å². The molecule has 0 bridgehead atoms. The van der Waals surface area contributed by atoms with E-state index < -0.39 is 13.4 Å². The summed E-state index contributed by atoms with van der Waals surface area (Å²) >= 11 is 0. The molecule has 0 aliphatic carbocycles. The first-order chi connectivity index (χ1) is 5.06. The van der Waals surface area contributed by atoms with Crippen LogP contribution in [0, 0.1) is 6.92 Å². The van der Waals surface area contributed by atoms with E-state index in [1.807, 2.05) is 0 Å². The van der Waals surface area contributed by atoms with E-state index in [4.69, 9.17) is 14.2 Å². The number of aliphatic hydroxyl groups excluding tert-OH is 1. The average molecular weight is 181 g/mol. The first kappa shape index (κ1) is 11.1. The molecule has 0 aromatic rings. The van der Waals surface area contributed by atoms with Gasteiger partial charge in [0.15, 0.2) is 5.85 Å².